The fourth-order valence-corrected chi connectivity index (χ4v) is 4.94. The van der Waals surface area contributed by atoms with E-state index in [0.29, 0.717) is 11.3 Å². The number of benzene rings is 4. The summed E-state index contributed by atoms with van der Waals surface area (Å²) < 4.78 is 6.59. The molecule has 34 heavy (non-hydrogen) atoms. The average Bonchev–Trinajstić information content (AvgIpc) is 3.28. The zero-order valence-electron chi connectivity index (χ0n) is 18.6. The minimum atomic E-state index is -0.333. The van der Waals surface area contributed by atoms with Gasteiger partial charge in [-0.15, -0.1) is 11.3 Å². The van der Waals surface area contributed by atoms with Gasteiger partial charge >= 0.3 is 0 Å². The average molecular weight is 484 g/mol. The first-order valence-electron chi connectivity index (χ1n) is 10.7. The molecule has 0 aliphatic carbocycles. The van der Waals surface area contributed by atoms with Gasteiger partial charge in [-0.05, 0) is 65.8 Å². The number of carbonyl (C=O) groups excluding carboxylic acids is 1. The lowest BCUT2D eigenvalue weighted by atomic mass is 10.1. The molecule has 0 aliphatic heterocycles. The van der Waals surface area contributed by atoms with Crippen LogP contribution in [0.2, 0.25) is 0 Å². The van der Waals surface area contributed by atoms with Crippen molar-refractivity contribution in [3.8, 4) is 16.3 Å². The van der Waals surface area contributed by atoms with Crippen molar-refractivity contribution in [2.75, 3.05) is 12.4 Å². The Bertz CT molecular complexity index is 1530. The molecule has 0 saturated heterocycles. The van der Waals surface area contributed by atoms with Gasteiger partial charge in [0.25, 0.3) is 5.91 Å². The van der Waals surface area contributed by atoms with E-state index in [9.17, 15) is 4.79 Å². The van der Waals surface area contributed by atoms with Gasteiger partial charge in [-0.25, -0.2) is 4.98 Å². The molecule has 0 unspecified atom stereocenters. The number of aromatic nitrogens is 1. The molecule has 5 aromatic rings. The second-order valence-electron chi connectivity index (χ2n) is 7.82. The summed E-state index contributed by atoms with van der Waals surface area (Å²) in [7, 11) is 1.55. The van der Waals surface area contributed by atoms with Gasteiger partial charge in [0.15, 0.2) is 5.11 Å². The maximum absolute atomic E-state index is 13.0. The van der Waals surface area contributed by atoms with E-state index in [-0.39, 0.29) is 11.0 Å². The number of methoxy groups -OCH3 is 1. The number of carbonyl (C=O) groups is 1. The number of fused-ring (bicyclic) bond motifs is 2. The van der Waals surface area contributed by atoms with Crippen molar-refractivity contribution in [3.63, 3.8) is 0 Å². The Hall–Kier alpha value is -3.81. The normalized spacial score (nSPS) is 10.9. The fourth-order valence-electron chi connectivity index (χ4n) is 3.78. The predicted octanol–water partition coefficient (Wildman–Crippen LogP) is 6.56. The summed E-state index contributed by atoms with van der Waals surface area (Å²) in [5, 5.41) is 9.04. The molecule has 0 atom stereocenters. The lowest BCUT2D eigenvalue weighted by molar-refractivity contribution is 0.0975. The van der Waals surface area contributed by atoms with Crippen LogP contribution in [0, 0.1) is 6.92 Å². The zero-order valence-corrected chi connectivity index (χ0v) is 20.2. The summed E-state index contributed by atoms with van der Waals surface area (Å²) >= 11 is 7.10. The van der Waals surface area contributed by atoms with Crippen LogP contribution in [0.3, 0.4) is 0 Å². The van der Waals surface area contributed by atoms with Gasteiger partial charge in [0.1, 0.15) is 10.8 Å². The van der Waals surface area contributed by atoms with Crippen LogP contribution in [-0.4, -0.2) is 23.1 Å². The molecule has 0 fully saturated rings. The fraction of sp³-hybridized carbons (Fsp3) is 0.0741. The number of hydrogen-bond acceptors (Lipinski definition) is 5. The van der Waals surface area contributed by atoms with Crippen LogP contribution in [-0.2, 0) is 0 Å². The smallest absolute Gasteiger partial charge is 0.261 e. The van der Waals surface area contributed by atoms with Crippen LogP contribution in [0.15, 0.2) is 78.9 Å². The molecular weight excluding hydrogens is 462 g/mol. The van der Waals surface area contributed by atoms with Crippen LogP contribution in [0.4, 0.5) is 5.69 Å². The highest BCUT2D eigenvalue weighted by Gasteiger charge is 2.16. The summed E-state index contributed by atoms with van der Waals surface area (Å²) in [6.07, 6.45) is 0. The molecule has 1 heterocycles. The molecule has 0 spiro atoms. The van der Waals surface area contributed by atoms with Crippen LogP contribution in [0.1, 0.15) is 15.9 Å². The third-order valence-corrected chi connectivity index (χ3v) is 6.86. The molecule has 2 N–H and O–H groups in total. The topological polar surface area (TPSA) is 63.2 Å². The first-order chi connectivity index (χ1) is 16.5. The Kier molecular flexibility index (Phi) is 5.96. The number of anilines is 1. The Morgan fingerprint density at radius 3 is 2.47 bits per heavy atom. The van der Waals surface area contributed by atoms with Crippen molar-refractivity contribution < 1.29 is 9.53 Å². The standard InChI is InChI=1S/C27H21N3O2S2/c1-16-11-12-19(26-28-21-9-5-6-10-24(21)34-26)14-22(16)29-27(33)30-25(31)20-13-17-7-3-4-8-18(17)15-23(20)32-2/h3-15H,1-2H3,(H2,29,30,31,33). The number of aryl methyl sites for hydroxylation is 1. The first kappa shape index (κ1) is 22.0. The second kappa shape index (κ2) is 9.21. The molecule has 4 aromatic carbocycles. The second-order valence-corrected chi connectivity index (χ2v) is 9.26. The van der Waals surface area contributed by atoms with E-state index < -0.39 is 0 Å². The number of rotatable bonds is 4. The number of nitrogens with zero attached hydrogens (tertiary/aromatic N) is 1. The van der Waals surface area contributed by atoms with Gasteiger partial charge in [-0.2, -0.15) is 0 Å². The van der Waals surface area contributed by atoms with E-state index in [1.54, 1.807) is 18.4 Å². The van der Waals surface area contributed by atoms with E-state index in [4.69, 9.17) is 21.9 Å². The Balaban J connectivity index is 1.37. The number of hydrogen-bond donors (Lipinski definition) is 2. The van der Waals surface area contributed by atoms with Crippen molar-refractivity contribution >= 4 is 61.3 Å². The number of thiocarbonyl (C=S) groups is 1. The highest BCUT2D eigenvalue weighted by molar-refractivity contribution is 7.80. The van der Waals surface area contributed by atoms with Crippen molar-refractivity contribution in [3.05, 3.63) is 90.0 Å². The quantitative estimate of drug-likeness (QED) is 0.284. The minimum Gasteiger partial charge on any atom is -0.496 e. The van der Waals surface area contributed by atoms with Crippen LogP contribution >= 0.6 is 23.6 Å². The van der Waals surface area contributed by atoms with Crippen molar-refractivity contribution in [1.29, 1.82) is 0 Å². The summed E-state index contributed by atoms with van der Waals surface area (Å²) in [5.41, 5.74) is 4.20. The van der Waals surface area contributed by atoms with E-state index in [1.165, 1.54) is 0 Å². The lowest BCUT2D eigenvalue weighted by Gasteiger charge is -2.14. The third kappa shape index (κ3) is 4.35. The molecule has 0 aliphatic rings. The molecule has 1 amide bonds. The van der Waals surface area contributed by atoms with Crippen LogP contribution < -0.4 is 15.4 Å². The van der Waals surface area contributed by atoms with Crippen molar-refractivity contribution in [1.82, 2.24) is 10.3 Å². The number of para-hydroxylation sites is 1. The van der Waals surface area contributed by atoms with Crippen molar-refractivity contribution in [2.45, 2.75) is 6.92 Å². The largest absolute Gasteiger partial charge is 0.496 e. The number of nitrogens with one attached hydrogen (secondary N) is 2. The van der Waals surface area contributed by atoms with Crippen LogP contribution in [0.25, 0.3) is 31.6 Å². The van der Waals surface area contributed by atoms with E-state index in [0.717, 1.165) is 42.8 Å². The van der Waals surface area contributed by atoms with Gasteiger partial charge in [0, 0.05) is 11.3 Å². The predicted molar refractivity (Wildman–Crippen MR) is 144 cm³/mol. The van der Waals surface area contributed by atoms with Gasteiger partial charge in [-0.3, -0.25) is 10.1 Å². The Morgan fingerprint density at radius 1 is 0.971 bits per heavy atom. The van der Waals surface area contributed by atoms with E-state index in [1.807, 2.05) is 79.7 Å². The molecule has 5 rings (SSSR count). The molecule has 168 valence electrons. The molecular formula is C27H21N3O2S2. The van der Waals surface area contributed by atoms with E-state index >= 15 is 0 Å². The molecule has 1 aromatic heterocycles. The molecule has 7 heteroatoms. The number of amides is 1. The molecule has 0 saturated carbocycles. The van der Waals surface area contributed by atoms with Gasteiger partial charge < -0.3 is 10.1 Å². The van der Waals surface area contributed by atoms with Crippen LogP contribution in [0.5, 0.6) is 5.75 Å². The molecule has 5 nitrogen and oxygen atoms in total. The molecule has 0 bridgehead atoms. The Morgan fingerprint density at radius 2 is 1.71 bits per heavy atom. The minimum absolute atomic E-state index is 0.213. The van der Waals surface area contributed by atoms with Gasteiger partial charge in [0.2, 0.25) is 0 Å². The van der Waals surface area contributed by atoms with Gasteiger partial charge in [-0.1, -0.05) is 48.5 Å². The van der Waals surface area contributed by atoms with Gasteiger partial charge in [0.05, 0.1) is 22.9 Å². The number of ether oxygens (including phenoxy) is 1. The first-order valence-corrected chi connectivity index (χ1v) is 11.9. The maximum atomic E-state index is 13.0. The summed E-state index contributed by atoms with van der Waals surface area (Å²) in [6.45, 7) is 1.99. The summed E-state index contributed by atoms with van der Waals surface area (Å²) in [5.74, 6) is 0.160. The maximum Gasteiger partial charge on any atom is 0.261 e. The SMILES string of the molecule is COc1cc2ccccc2cc1C(=O)NC(=S)Nc1cc(-c2nc3ccccc3s2)ccc1C. The van der Waals surface area contributed by atoms with E-state index in [2.05, 4.69) is 16.7 Å². The summed E-state index contributed by atoms with van der Waals surface area (Å²) in [4.78, 5) is 17.8. The zero-order chi connectivity index (χ0) is 23.7. The number of thiazole rings is 1. The lowest BCUT2D eigenvalue weighted by Crippen LogP contribution is -2.34. The summed E-state index contributed by atoms with van der Waals surface area (Å²) in [6, 6.07) is 25.6. The third-order valence-electron chi connectivity index (χ3n) is 5.57. The van der Waals surface area contributed by atoms with Crippen molar-refractivity contribution in [2.24, 2.45) is 0 Å². The molecule has 0 radical (unpaired) electrons. The highest BCUT2D eigenvalue weighted by Crippen LogP contribution is 2.32. The highest BCUT2D eigenvalue weighted by atomic mass is 32.1. The Labute approximate surface area is 206 Å². The monoisotopic (exact) mass is 483 g/mol.